The molecule has 2 nitrogen and oxygen atoms in total. The van der Waals surface area contributed by atoms with Gasteiger partial charge in [-0.05, 0) is 6.04 Å². The minimum Gasteiger partial charge on any atom is -0.458 e. The molecule has 0 spiro atoms. The Bertz CT molecular complexity index is 123. The van der Waals surface area contributed by atoms with Gasteiger partial charge in [-0.25, -0.2) is 0 Å². The fraction of sp³-hybridized carbons (Fsp3) is 0.571. The number of nitrogens with one attached hydrogen (secondary N) is 1. The SMILES string of the molecule is [CH2-]CCC1[CH-]N=C(C)N1.[Y]. The van der Waals surface area contributed by atoms with Crippen LogP contribution in [-0.2, 0) is 32.7 Å². The van der Waals surface area contributed by atoms with E-state index in [4.69, 9.17) is 0 Å². The van der Waals surface area contributed by atoms with Gasteiger partial charge < -0.3 is 17.2 Å². The fourth-order valence-corrected chi connectivity index (χ4v) is 0.911. The van der Waals surface area contributed by atoms with Gasteiger partial charge in [-0.3, -0.25) is 0 Å². The van der Waals surface area contributed by atoms with E-state index >= 15 is 0 Å². The zero-order valence-electron chi connectivity index (χ0n) is 6.30. The fourth-order valence-electron chi connectivity index (χ4n) is 0.911. The topological polar surface area (TPSA) is 24.4 Å². The van der Waals surface area contributed by atoms with Crippen LogP contribution in [0.2, 0.25) is 0 Å². The number of amidine groups is 1. The first-order chi connectivity index (χ1) is 4.33. The van der Waals surface area contributed by atoms with Crippen molar-refractivity contribution >= 4 is 5.84 Å². The molecule has 0 aromatic rings. The summed E-state index contributed by atoms with van der Waals surface area (Å²) in [7, 11) is 0. The number of aliphatic imine (C=N–C) groups is 1. The van der Waals surface area contributed by atoms with Gasteiger partial charge in [0.2, 0.25) is 0 Å². The Morgan fingerprint density at radius 3 is 2.90 bits per heavy atom. The molecule has 1 unspecified atom stereocenters. The second-order valence-corrected chi connectivity index (χ2v) is 2.26. The zero-order chi connectivity index (χ0) is 6.69. The maximum absolute atomic E-state index is 4.09. The van der Waals surface area contributed by atoms with E-state index in [9.17, 15) is 0 Å². The molecule has 0 saturated heterocycles. The molecule has 10 heavy (non-hydrogen) atoms. The van der Waals surface area contributed by atoms with Crippen molar-refractivity contribution in [2.45, 2.75) is 25.8 Å². The number of hydrogen-bond donors (Lipinski definition) is 1. The van der Waals surface area contributed by atoms with Crippen LogP contribution >= 0.6 is 0 Å². The molecule has 0 saturated carbocycles. The van der Waals surface area contributed by atoms with Crippen molar-refractivity contribution in [2.24, 2.45) is 4.99 Å². The van der Waals surface area contributed by atoms with Crippen molar-refractivity contribution < 1.29 is 32.7 Å². The van der Waals surface area contributed by atoms with Crippen molar-refractivity contribution in [3.63, 3.8) is 0 Å². The Labute approximate surface area is 87.8 Å². The maximum Gasteiger partial charge on any atom is 0 e. The van der Waals surface area contributed by atoms with Gasteiger partial charge in [0.15, 0.2) is 0 Å². The van der Waals surface area contributed by atoms with E-state index in [1.54, 1.807) is 0 Å². The summed E-state index contributed by atoms with van der Waals surface area (Å²) in [6.45, 7) is 7.68. The summed E-state index contributed by atoms with van der Waals surface area (Å²) >= 11 is 0. The van der Waals surface area contributed by atoms with E-state index in [1.165, 1.54) is 0 Å². The largest absolute Gasteiger partial charge is 0.458 e. The summed E-state index contributed by atoms with van der Waals surface area (Å²) in [4.78, 5) is 4.09. The predicted molar refractivity (Wildman–Crippen MR) is 38.9 cm³/mol. The zero-order valence-corrected chi connectivity index (χ0v) is 9.14. The van der Waals surface area contributed by atoms with Crippen LogP contribution in [0.4, 0.5) is 0 Å². The van der Waals surface area contributed by atoms with Crippen LogP contribution < -0.4 is 5.32 Å². The summed E-state index contributed by atoms with van der Waals surface area (Å²) in [5.41, 5.74) is 0. The van der Waals surface area contributed by atoms with Gasteiger partial charge in [-0.15, -0.1) is 6.54 Å². The average Bonchev–Trinajstić information content (AvgIpc) is 2.17. The van der Waals surface area contributed by atoms with Crippen LogP contribution in [0.25, 0.3) is 0 Å². The molecule has 1 aliphatic rings. The van der Waals surface area contributed by atoms with Crippen molar-refractivity contribution in [1.29, 1.82) is 0 Å². The van der Waals surface area contributed by atoms with Crippen LogP contribution in [0.1, 0.15) is 19.8 Å². The molecule has 0 aromatic carbocycles. The Kier molecular flexibility index (Phi) is 5.37. The maximum atomic E-state index is 4.09. The van der Waals surface area contributed by atoms with E-state index in [-0.39, 0.29) is 32.7 Å². The van der Waals surface area contributed by atoms with Gasteiger partial charge in [0.1, 0.15) is 0 Å². The molecule has 1 radical (unpaired) electrons. The molecule has 0 aromatic heterocycles. The van der Waals surface area contributed by atoms with Gasteiger partial charge >= 0.3 is 0 Å². The second kappa shape index (κ2) is 5.14. The molecule has 1 N–H and O–H groups in total. The Balaban J connectivity index is 0.000000810. The minimum atomic E-state index is 0. The van der Waals surface area contributed by atoms with E-state index in [1.807, 2.05) is 13.5 Å². The van der Waals surface area contributed by atoms with Crippen LogP contribution in [-0.4, -0.2) is 11.9 Å². The number of hydrogen-bond acceptors (Lipinski definition) is 2. The molecule has 55 valence electrons. The van der Waals surface area contributed by atoms with Crippen LogP contribution in [0.15, 0.2) is 4.99 Å². The molecule has 0 bridgehead atoms. The van der Waals surface area contributed by atoms with Crippen molar-refractivity contribution in [2.75, 3.05) is 0 Å². The van der Waals surface area contributed by atoms with Crippen LogP contribution in [0.5, 0.6) is 0 Å². The third-order valence-corrected chi connectivity index (χ3v) is 1.36. The Morgan fingerprint density at radius 1 is 1.80 bits per heavy atom. The van der Waals surface area contributed by atoms with Gasteiger partial charge in [-0.1, -0.05) is 19.2 Å². The van der Waals surface area contributed by atoms with Crippen molar-refractivity contribution in [3.05, 3.63) is 13.5 Å². The van der Waals surface area contributed by atoms with Gasteiger partial charge in [0.05, 0.1) is 0 Å². The molecule has 0 aliphatic carbocycles. The normalized spacial score (nSPS) is 22.2. The van der Waals surface area contributed by atoms with E-state index in [2.05, 4.69) is 17.2 Å². The molecular weight excluding hydrogens is 201 g/mol. The first-order valence-corrected chi connectivity index (χ1v) is 3.26. The van der Waals surface area contributed by atoms with Crippen molar-refractivity contribution in [3.8, 4) is 0 Å². The molecule has 1 atom stereocenters. The number of nitrogens with zero attached hydrogens (tertiary/aromatic N) is 1. The molecule has 1 aliphatic heterocycles. The predicted octanol–water partition coefficient (Wildman–Crippen LogP) is 1.15. The smallest absolute Gasteiger partial charge is 0 e. The van der Waals surface area contributed by atoms with Gasteiger partial charge in [0, 0.05) is 32.7 Å². The van der Waals surface area contributed by atoms with Gasteiger partial charge in [0.25, 0.3) is 0 Å². The van der Waals surface area contributed by atoms with E-state index in [0.29, 0.717) is 6.04 Å². The quantitative estimate of drug-likeness (QED) is 0.683. The van der Waals surface area contributed by atoms with Crippen LogP contribution in [0, 0.1) is 13.5 Å². The average molecular weight is 213 g/mol. The molecule has 0 amide bonds. The summed E-state index contributed by atoms with van der Waals surface area (Å²) in [5, 5.41) is 3.21. The second-order valence-electron chi connectivity index (χ2n) is 2.26. The Hall–Kier alpha value is 0.444. The summed E-state index contributed by atoms with van der Waals surface area (Å²) in [6, 6.07) is 0.447. The summed E-state index contributed by atoms with van der Waals surface area (Å²) < 4.78 is 0. The Morgan fingerprint density at radius 2 is 2.50 bits per heavy atom. The van der Waals surface area contributed by atoms with Crippen molar-refractivity contribution in [1.82, 2.24) is 5.32 Å². The first-order valence-electron chi connectivity index (χ1n) is 3.26. The third-order valence-electron chi connectivity index (χ3n) is 1.36. The molecular formula is C7H12N2Y-2. The summed E-state index contributed by atoms with van der Waals surface area (Å²) in [5.74, 6) is 1.02. The molecule has 1 heterocycles. The monoisotopic (exact) mass is 213 g/mol. The standard InChI is InChI=1S/C7H12N2.Y/c1-3-4-7-5-8-6(2)9-7;/h5,7H,1,3-4H2,2H3,(H,8,9);/q-2;. The van der Waals surface area contributed by atoms with Gasteiger partial charge in [-0.2, -0.15) is 6.42 Å². The molecule has 0 fully saturated rings. The van der Waals surface area contributed by atoms with Crippen LogP contribution in [0.3, 0.4) is 0 Å². The molecule has 3 heteroatoms. The summed E-state index contributed by atoms with van der Waals surface area (Å²) in [6.07, 6.45) is 2.05. The first kappa shape index (κ1) is 10.4. The third kappa shape index (κ3) is 3.02. The molecule has 1 rings (SSSR count). The van der Waals surface area contributed by atoms with E-state index < -0.39 is 0 Å². The number of rotatable bonds is 2. The van der Waals surface area contributed by atoms with E-state index in [0.717, 1.165) is 18.7 Å². The minimum absolute atomic E-state index is 0.